The minimum atomic E-state index is -0.846. The first-order valence-corrected chi connectivity index (χ1v) is 10.9. The maximum atomic E-state index is 12.7. The fourth-order valence-corrected chi connectivity index (χ4v) is 3.56. The summed E-state index contributed by atoms with van der Waals surface area (Å²) in [6.07, 6.45) is 2.81. The van der Waals surface area contributed by atoms with Gasteiger partial charge in [0.05, 0.1) is 25.7 Å². The van der Waals surface area contributed by atoms with Crippen molar-refractivity contribution in [2.45, 2.75) is 44.8 Å². The van der Waals surface area contributed by atoms with E-state index in [1.807, 2.05) is 31.2 Å². The van der Waals surface area contributed by atoms with Crippen molar-refractivity contribution < 1.29 is 28.6 Å². The number of carbonyl (C=O) groups excluding carboxylic acids is 3. The molecule has 1 aromatic rings. The van der Waals surface area contributed by atoms with E-state index >= 15 is 0 Å². The maximum absolute atomic E-state index is 12.7. The molecule has 0 radical (unpaired) electrons. The lowest BCUT2D eigenvalue weighted by molar-refractivity contribution is -0.151. The zero-order chi connectivity index (χ0) is 22.1. The van der Waals surface area contributed by atoms with Gasteiger partial charge in [-0.15, -0.1) is 0 Å². The van der Waals surface area contributed by atoms with Crippen LogP contribution < -0.4 is 15.4 Å². The molecule has 0 bridgehead atoms. The second kappa shape index (κ2) is 11.5. The van der Waals surface area contributed by atoms with E-state index in [1.165, 1.54) is 4.90 Å². The Balaban J connectivity index is 1.48. The maximum Gasteiger partial charge on any atom is 0.308 e. The van der Waals surface area contributed by atoms with Crippen molar-refractivity contribution in [3.05, 3.63) is 24.3 Å². The van der Waals surface area contributed by atoms with Crippen LogP contribution in [0.15, 0.2) is 24.3 Å². The molecule has 9 nitrogen and oxygen atoms in total. The van der Waals surface area contributed by atoms with Gasteiger partial charge in [0.15, 0.2) is 0 Å². The molecule has 31 heavy (non-hydrogen) atoms. The van der Waals surface area contributed by atoms with Gasteiger partial charge >= 0.3 is 5.97 Å². The quantitative estimate of drug-likeness (QED) is 0.536. The highest BCUT2D eigenvalue weighted by Crippen LogP contribution is 2.19. The lowest BCUT2D eigenvalue weighted by Crippen LogP contribution is -2.58. The van der Waals surface area contributed by atoms with Gasteiger partial charge in [0, 0.05) is 25.4 Å². The number of rotatable bonds is 10. The van der Waals surface area contributed by atoms with Crippen LogP contribution in [0.4, 0.5) is 5.69 Å². The normalized spacial score (nSPS) is 20.8. The second-order valence-corrected chi connectivity index (χ2v) is 7.64. The molecule has 0 spiro atoms. The Bertz CT molecular complexity index is 748. The summed E-state index contributed by atoms with van der Waals surface area (Å²) < 4.78 is 16.4. The zero-order valence-electron chi connectivity index (χ0n) is 17.9. The number of benzene rings is 1. The highest BCUT2D eigenvalue weighted by atomic mass is 16.5. The molecule has 2 saturated heterocycles. The van der Waals surface area contributed by atoms with Gasteiger partial charge in [0.25, 0.3) is 0 Å². The summed E-state index contributed by atoms with van der Waals surface area (Å²) in [6.45, 7) is 4.26. The summed E-state index contributed by atoms with van der Waals surface area (Å²) in [5.41, 5.74) is 0.762. The van der Waals surface area contributed by atoms with Crippen molar-refractivity contribution in [3.8, 4) is 5.75 Å². The Kier molecular flexibility index (Phi) is 8.52. The summed E-state index contributed by atoms with van der Waals surface area (Å²) >= 11 is 0. The number of piperazine rings is 1. The minimum Gasteiger partial charge on any atom is -0.491 e. The Hall–Kier alpha value is -2.81. The van der Waals surface area contributed by atoms with Crippen LogP contribution in [0, 0.1) is 0 Å². The molecule has 2 aliphatic rings. The van der Waals surface area contributed by atoms with Crippen LogP contribution in [-0.2, 0) is 23.9 Å². The summed E-state index contributed by atoms with van der Waals surface area (Å²) in [4.78, 5) is 38.4. The molecule has 0 aliphatic carbocycles. The van der Waals surface area contributed by atoms with Gasteiger partial charge in [0.1, 0.15) is 18.4 Å². The van der Waals surface area contributed by atoms with E-state index in [4.69, 9.17) is 14.2 Å². The second-order valence-electron chi connectivity index (χ2n) is 7.64. The topological polar surface area (TPSA) is 106 Å². The van der Waals surface area contributed by atoms with Crippen molar-refractivity contribution in [1.29, 1.82) is 0 Å². The third kappa shape index (κ3) is 6.85. The van der Waals surface area contributed by atoms with Crippen molar-refractivity contribution in [1.82, 2.24) is 10.2 Å². The molecule has 1 aromatic carbocycles. The Morgan fingerprint density at radius 1 is 1.29 bits per heavy atom. The number of nitrogens with zero attached hydrogens (tertiary/aromatic N) is 1. The summed E-state index contributed by atoms with van der Waals surface area (Å²) in [6, 6.07) is 6.49. The number of ether oxygens (including phenoxy) is 3. The lowest BCUT2D eigenvalue weighted by Gasteiger charge is -2.34. The van der Waals surface area contributed by atoms with E-state index in [2.05, 4.69) is 10.6 Å². The monoisotopic (exact) mass is 433 g/mol. The lowest BCUT2D eigenvalue weighted by atomic mass is 10.1. The van der Waals surface area contributed by atoms with Gasteiger partial charge in [-0.3, -0.25) is 14.4 Å². The highest BCUT2D eigenvalue weighted by molar-refractivity contribution is 5.93. The standard InChI is InChI=1S/C22H31N3O6/c1-2-11-30-21(27)13-19-22(28)23-9-10-25(19)20(26)14-24-16-5-7-17(8-6-16)31-15-18-4-3-12-29-18/h5-8,18-19,24H,2-4,9-15H2,1H3,(H,23,28). The van der Waals surface area contributed by atoms with Gasteiger partial charge in [-0.25, -0.2) is 0 Å². The number of carbonyl (C=O) groups is 3. The van der Waals surface area contributed by atoms with Crippen LogP contribution in [-0.4, -0.2) is 74.3 Å². The largest absolute Gasteiger partial charge is 0.491 e. The molecule has 2 N–H and O–H groups in total. The molecule has 0 saturated carbocycles. The molecule has 2 fully saturated rings. The molecular weight excluding hydrogens is 402 g/mol. The number of anilines is 1. The molecule has 2 aliphatic heterocycles. The van der Waals surface area contributed by atoms with Crippen LogP contribution in [0.1, 0.15) is 32.6 Å². The molecule has 2 unspecified atom stereocenters. The predicted molar refractivity (Wildman–Crippen MR) is 114 cm³/mol. The summed E-state index contributed by atoms with van der Waals surface area (Å²) in [5.74, 6) is -0.318. The number of esters is 1. The zero-order valence-corrected chi connectivity index (χ0v) is 17.9. The molecule has 2 heterocycles. The van der Waals surface area contributed by atoms with Gasteiger partial charge < -0.3 is 29.7 Å². The van der Waals surface area contributed by atoms with Crippen molar-refractivity contribution in [2.24, 2.45) is 0 Å². The van der Waals surface area contributed by atoms with Crippen LogP contribution in [0.3, 0.4) is 0 Å². The van der Waals surface area contributed by atoms with Gasteiger partial charge in [0.2, 0.25) is 11.8 Å². The van der Waals surface area contributed by atoms with Crippen molar-refractivity contribution in [3.63, 3.8) is 0 Å². The van der Waals surface area contributed by atoms with Crippen LogP contribution >= 0.6 is 0 Å². The molecule has 3 rings (SSSR count). The minimum absolute atomic E-state index is 0.0178. The van der Waals surface area contributed by atoms with Crippen LogP contribution in [0.5, 0.6) is 5.75 Å². The van der Waals surface area contributed by atoms with E-state index < -0.39 is 12.0 Å². The predicted octanol–water partition coefficient (Wildman–Crippen LogP) is 1.33. The van der Waals surface area contributed by atoms with E-state index in [1.54, 1.807) is 0 Å². The molecular formula is C22H31N3O6. The Labute approximate surface area is 182 Å². The summed E-state index contributed by atoms with van der Waals surface area (Å²) in [5, 5.41) is 5.78. The Morgan fingerprint density at radius 3 is 2.81 bits per heavy atom. The average molecular weight is 434 g/mol. The first kappa shape index (κ1) is 22.9. The SMILES string of the molecule is CCCOC(=O)CC1C(=O)NCCN1C(=O)CNc1ccc(OCC2CCCO2)cc1. The molecule has 2 atom stereocenters. The third-order valence-corrected chi connectivity index (χ3v) is 5.24. The van der Waals surface area contributed by atoms with Gasteiger partial charge in [-0.2, -0.15) is 0 Å². The van der Waals surface area contributed by atoms with Gasteiger partial charge in [-0.05, 0) is 43.5 Å². The van der Waals surface area contributed by atoms with E-state index in [0.29, 0.717) is 32.7 Å². The van der Waals surface area contributed by atoms with E-state index in [-0.39, 0.29) is 30.9 Å². The average Bonchev–Trinajstić information content (AvgIpc) is 3.30. The fourth-order valence-electron chi connectivity index (χ4n) is 3.56. The smallest absolute Gasteiger partial charge is 0.308 e. The highest BCUT2D eigenvalue weighted by Gasteiger charge is 2.34. The Morgan fingerprint density at radius 2 is 2.10 bits per heavy atom. The van der Waals surface area contributed by atoms with E-state index in [9.17, 15) is 14.4 Å². The van der Waals surface area contributed by atoms with E-state index in [0.717, 1.165) is 30.9 Å². The molecule has 9 heteroatoms. The number of hydrogen-bond acceptors (Lipinski definition) is 7. The van der Waals surface area contributed by atoms with Crippen molar-refractivity contribution in [2.75, 3.05) is 44.8 Å². The molecule has 0 aromatic heterocycles. The number of hydrogen-bond donors (Lipinski definition) is 2. The third-order valence-electron chi connectivity index (χ3n) is 5.24. The van der Waals surface area contributed by atoms with Gasteiger partial charge in [-0.1, -0.05) is 6.92 Å². The summed E-state index contributed by atoms with van der Waals surface area (Å²) in [7, 11) is 0. The van der Waals surface area contributed by atoms with Crippen LogP contribution in [0.2, 0.25) is 0 Å². The van der Waals surface area contributed by atoms with Crippen LogP contribution in [0.25, 0.3) is 0 Å². The van der Waals surface area contributed by atoms with Crippen molar-refractivity contribution >= 4 is 23.5 Å². The first-order chi connectivity index (χ1) is 15.1. The fraction of sp³-hybridized carbons (Fsp3) is 0.591. The first-order valence-electron chi connectivity index (χ1n) is 10.9. The number of nitrogens with one attached hydrogen (secondary N) is 2. The number of amides is 2. The molecule has 170 valence electrons. The molecule has 2 amide bonds.